The smallest absolute Gasteiger partial charge is 0.386 e. The van der Waals surface area contributed by atoms with Crippen LogP contribution in [0.15, 0.2) is 6.33 Å². The van der Waals surface area contributed by atoms with Crippen molar-refractivity contribution in [3.05, 3.63) is 11.0 Å². The highest BCUT2D eigenvalue weighted by Crippen LogP contribution is 2.66. The maximum atomic E-state index is 16.1. The molecule has 0 bridgehead atoms. The topological polar surface area (TPSA) is 262 Å². The molecule has 35 heavy (non-hydrogen) atoms. The first-order valence-corrected chi connectivity index (χ1v) is 13.7. The number of aromatic nitrogens is 4. The molecule has 1 saturated heterocycles. The molecule has 1 aliphatic rings. The Morgan fingerprint density at radius 2 is 2.03 bits per heavy atom. The number of nitrogens with zero attached hydrogens (tertiary/aromatic N) is 3. The van der Waals surface area contributed by atoms with Crippen molar-refractivity contribution in [2.75, 3.05) is 12.3 Å². The van der Waals surface area contributed by atoms with Crippen molar-refractivity contribution < 1.29 is 63.4 Å². The molecule has 0 spiro atoms. The predicted molar refractivity (Wildman–Crippen MR) is 114 cm³/mol. The maximum absolute atomic E-state index is 16.1. The van der Waals surface area contributed by atoms with Crippen molar-refractivity contribution in [3.8, 4) is 11.8 Å². The Bertz CT molecular complexity index is 1490. The van der Waals surface area contributed by atoms with Gasteiger partial charge in [0.05, 0.1) is 15.6 Å². The molecule has 3 heterocycles. The van der Waals surface area contributed by atoms with Crippen LogP contribution in [0.2, 0.25) is 0 Å². The minimum Gasteiger partial charge on any atom is -0.386 e. The quantitative estimate of drug-likeness (QED) is 0.126. The number of fused-ring (bicyclic) bond motifs is 1. The molecule has 3 unspecified atom stereocenters. The number of phosphoric acid groups is 3. The first-order valence-electron chi connectivity index (χ1n) is 9.74. The number of hydrogen-bond donors (Lipinski definition) is 7. The fourth-order valence-corrected chi connectivity index (χ4v) is 6.04. The van der Waals surface area contributed by atoms with E-state index in [1.807, 2.05) is 5.92 Å². The summed E-state index contributed by atoms with van der Waals surface area (Å²) in [6.07, 6.45) is -6.07. The molecule has 0 aromatic carbocycles. The molecular formula is C13H17FN5O12P3S. The van der Waals surface area contributed by atoms with Gasteiger partial charge in [0.25, 0.3) is 0 Å². The number of nitrogens with two attached hydrogens (primary N) is 1. The van der Waals surface area contributed by atoms with Crippen LogP contribution in [0.1, 0.15) is 15.9 Å². The summed E-state index contributed by atoms with van der Waals surface area (Å²) in [5, 5.41) is 10.6. The summed E-state index contributed by atoms with van der Waals surface area (Å²) < 4.78 is 83.6. The minimum atomic E-state index is -6.06. The van der Waals surface area contributed by atoms with Crippen molar-refractivity contribution in [2.45, 2.75) is 31.0 Å². The third kappa shape index (κ3) is 6.21. The van der Waals surface area contributed by atoms with Crippen LogP contribution in [-0.2, 0) is 31.6 Å². The monoisotopic (exact) mass is 581 g/mol. The lowest BCUT2D eigenvalue weighted by Gasteiger charge is -2.24. The molecule has 2 aromatic rings. The number of nitrogens with one attached hydrogen (secondary N) is 1. The molecule has 2 aromatic heterocycles. The second-order valence-electron chi connectivity index (χ2n) is 6.57. The van der Waals surface area contributed by atoms with Gasteiger partial charge in [-0.15, -0.1) is 5.92 Å². The molecule has 17 nitrogen and oxygen atoms in total. The largest absolute Gasteiger partial charge is 0.490 e. The SMILES string of the molecule is [2H]C([2H])(OP(=O)(O)OP(=O)(O)OP(=O)(O)O)[C@H]1O[C@@H](n2cnc3c(=S)nc(N)[nH]c32)C(F)(C#CC)[C@H]1O. The molecular weight excluding hydrogens is 562 g/mol. The second-order valence-corrected chi connectivity index (χ2v) is 11.3. The highest BCUT2D eigenvalue weighted by molar-refractivity contribution is 7.71. The lowest BCUT2D eigenvalue weighted by atomic mass is 9.96. The van der Waals surface area contributed by atoms with Gasteiger partial charge in [-0.2, -0.15) is 8.62 Å². The van der Waals surface area contributed by atoms with Crippen LogP contribution in [0.25, 0.3) is 11.2 Å². The van der Waals surface area contributed by atoms with E-state index in [4.69, 9.17) is 35.2 Å². The summed E-state index contributed by atoms with van der Waals surface area (Å²) in [6, 6.07) is 0. The highest BCUT2D eigenvalue weighted by atomic mass is 32.1. The van der Waals surface area contributed by atoms with Crippen LogP contribution >= 0.6 is 35.7 Å². The van der Waals surface area contributed by atoms with Gasteiger partial charge in [0.15, 0.2) is 16.8 Å². The summed E-state index contributed by atoms with van der Waals surface area (Å²) in [6.45, 7) is -2.50. The molecule has 3 rings (SSSR count). The number of hydrogen-bond acceptors (Lipinski definition) is 12. The molecule has 1 aliphatic heterocycles. The first-order chi connectivity index (χ1) is 16.7. The van der Waals surface area contributed by atoms with Crippen LogP contribution in [0.4, 0.5) is 10.3 Å². The van der Waals surface area contributed by atoms with E-state index in [-0.39, 0.29) is 21.8 Å². The zero-order valence-corrected chi connectivity index (χ0v) is 20.4. The van der Waals surface area contributed by atoms with Gasteiger partial charge in [0.1, 0.15) is 23.4 Å². The summed E-state index contributed by atoms with van der Waals surface area (Å²) in [4.78, 5) is 46.4. The molecule has 0 aliphatic carbocycles. The first kappa shape index (κ1) is 25.1. The van der Waals surface area contributed by atoms with Gasteiger partial charge >= 0.3 is 23.5 Å². The Morgan fingerprint density at radius 1 is 1.37 bits per heavy atom. The second kappa shape index (κ2) is 9.69. The van der Waals surface area contributed by atoms with Crippen molar-refractivity contribution in [2.24, 2.45) is 0 Å². The number of imidazole rings is 1. The van der Waals surface area contributed by atoms with E-state index in [1.165, 1.54) is 6.92 Å². The van der Waals surface area contributed by atoms with Crippen LogP contribution in [0.5, 0.6) is 0 Å². The number of halogens is 1. The Balaban J connectivity index is 1.99. The average Bonchev–Trinajstić information content (AvgIpc) is 3.18. The van der Waals surface area contributed by atoms with E-state index in [2.05, 4.69) is 34.0 Å². The fourth-order valence-electron chi connectivity index (χ4n) is 2.91. The third-order valence-electron chi connectivity index (χ3n) is 4.09. The molecule has 22 heteroatoms. The summed E-state index contributed by atoms with van der Waals surface area (Å²) in [5.41, 5.74) is 2.41. The zero-order chi connectivity index (χ0) is 28.2. The van der Waals surface area contributed by atoms with E-state index in [1.54, 1.807) is 0 Å². The van der Waals surface area contributed by atoms with Gasteiger partial charge < -0.3 is 40.1 Å². The Kier molecular flexibility index (Phi) is 6.94. The number of aliphatic hydroxyl groups is 1. The fraction of sp³-hybridized carbons (Fsp3) is 0.462. The summed E-state index contributed by atoms with van der Waals surface area (Å²) in [7, 11) is -17.8. The molecule has 194 valence electrons. The predicted octanol–water partition coefficient (Wildman–Crippen LogP) is 0.404. The normalized spacial score (nSPS) is 29.5. The summed E-state index contributed by atoms with van der Waals surface area (Å²) >= 11 is 5.03. The number of nitrogen functional groups attached to an aromatic ring is 1. The number of phosphoric ester groups is 1. The number of H-pyrrole nitrogens is 1. The van der Waals surface area contributed by atoms with Crippen molar-refractivity contribution in [1.82, 2.24) is 19.5 Å². The number of aromatic amines is 1. The van der Waals surface area contributed by atoms with E-state index < -0.39 is 54.1 Å². The Hall–Kier alpha value is -1.61. The van der Waals surface area contributed by atoms with Gasteiger partial charge in [0.2, 0.25) is 5.67 Å². The molecule has 0 amide bonds. The molecule has 6 atom stereocenters. The molecule has 1 fully saturated rings. The number of alkyl halides is 1. The van der Waals surface area contributed by atoms with Crippen LogP contribution in [0.3, 0.4) is 0 Å². The van der Waals surface area contributed by atoms with Crippen LogP contribution < -0.4 is 5.73 Å². The number of aliphatic hydroxyl groups excluding tert-OH is 1. The average molecular weight is 581 g/mol. The van der Waals surface area contributed by atoms with Gasteiger partial charge in [0, 0.05) is 0 Å². The molecule has 0 saturated carbocycles. The summed E-state index contributed by atoms with van der Waals surface area (Å²) in [5.74, 6) is 4.01. The minimum absolute atomic E-state index is 0.00817. The van der Waals surface area contributed by atoms with Crippen molar-refractivity contribution in [3.63, 3.8) is 0 Å². The van der Waals surface area contributed by atoms with Gasteiger partial charge in [-0.05, 0) is 6.92 Å². The van der Waals surface area contributed by atoms with Gasteiger partial charge in [-0.25, -0.2) is 28.1 Å². The molecule has 8 N–H and O–H groups in total. The zero-order valence-electron chi connectivity index (χ0n) is 19.0. The van der Waals surface area contributed by atoms with Crippen LogP contribution in [-0.4, -0.2) is 68.6 Å². The Morgan fingerprint density at radius 3 is 2.63 bits per heavy atom. The number of anilines is 1. The maximum Gasteiger partial charge on any atom is 0.490 e. The van der Waals surface area contributed by atoms with E-state index >= 15 is 4.39 Å². The number of ether oxygens (including phenoxy) is 1. The molecule has 0 radical (unpaired) electrons. The highest BCUT2D eigenvalue weighted by Gasteiger charge is 2.58. The van der Waals surface area contributed by atoms with Crippen LogP contribution in [0, 0.1) is 16.5 Å². The van der Waals surface area contributed by atoms with Gasteiger partial charge in [-0.3, -0.25) is 9.09 Å². The van der Waals surface area contributed by atoms with E-state index in [9.17, 15) is 28.6 Å². The lowest BCUT2D eigenvalue weighted by molar-refractivity contribution is -0.0496. The van der Waals surface area contributed by atoms with E-state index in [0.717, 1.165) is 10.9 Å². The standard InChI is InChI=1S/C13H17FN5O12P3S/c1-2-3-13(14)8(20)6(4-28-33(24,25)31-34(26,27)30-32(21,22)23)29-11(13)19-5-16-7-9(19)17-12(15)18-10(7)35/h5-6,8,11,20H,4H2,1H3,(H,24,25)(H,26,27)(H2,21,22,23)(H3,15,17,18,35)/t6-,8+,11-,13?/m1/s1/i4D2. The van der Waals surface area contributed by atoms with Crippen molar-refractivity contribution in [1.29, 1.82) is 0 Å². The van der Waals surface area contributed by atoms with E-state index in [0.29, 0.717) is 0 Å². The Labute approximate surface area is 202 Å². The van der Waals surface area contributed by atoms with Crippen molar-refractivity contribution >= 4 is 52.8 Å². The van der Waals surface area contributed by atoms with Gasteiger partial charge in [-0.1, -0.05) is 18.1 Å². The number of rotatable bonds is 8. The third-order valence-corrected chi connectivity index (χ3v) is 8.03. The lowest BCUT2D eigenvalue weighted by Crippen LogP contribution is -2.42.